The fourth-order valence-electron chi connectivity index (χ4n) is 2.18. The average Bonchev–Trinajstić information content (AvgIpc) is 2.54. The largest absolute Gasteiger partial charge is 0.315 e. The molecule has 0 fully saturated rings. The van der Waals surface area contributed by atoms with Crippen LogP contribution in [0.1, 0.15) is 25.0 Å². The summed E-state index contributed by atoms with van der Waals surface area (Å²) in [5.74, 6) is 0.192. The maximum Gasteiger partial charge on any atom is 0.231 e. The lowest BCUT2D eigenvalue weighted by molar-refractivity contribution is -0.117. The Labute approximate surface area is 103 Å². The van der Waals surface area contributed by atoms with Gasteiger partial charge in [0.15, 0.2) is 0 Å². The van der Waals surface area contributed by atoms with Gasteiger partial charge < -0.3 is 10.2 Å². The molecule has 3 nitrogen and oxygen atoms in total. The zero-order chi connectivity index (χ0) is 12.4. The molecular weight excluding hydrogens is 212 g/mol. The smallest absolute Gasteiger partial charge is 0.231 e. The van der Waals surface area contributed by atoms with Crippen molar-refractivity contribution in [2.24, 2.45) is 0 Å². The van der Waals surface area contributed by atoms with Gasteiger partial charge in [0.25, 0.3) is 0 Å². The molecule has 0 unspecified atom stereocenters. The van der Waals surface area contributed by atoms with E-state index in [1.807, 2.05) is 7.05 Å². The van der Waals surface area contributed by atoms with Crippen molar-refractivity contribution in [1.82, 2.24) is 5.32 Å². The topological polar surface area (TPSA) is 32.3 Å². The number of hydrogen-bond acceptors (Lipinski definition) is 2. The van der Waals surface area contributed by atoms with E-state index in [0.717, 1.165) is 18.7 Å². The summed E-state index contributed by atoms with van der Waals surface area (Å²) < 4.78 is 0. The molecule has 1 N–H and O–H groups in total. The van der Waals surface area contributed by atoms with Crippen molar-refractivity contribution in [3.05, 3.63) is 29.3 Å². The van der Waals surface area contributed by atoms with Gasteiger partial charge in [0.2, 0.25) is 5.91 Å². The standard InChI is InChI=1S/C14H20N2O/c1-10(2)15-7-6-11-4-5-13-12(8-11)9-14(17)16(13)3/h4-5,8,10,15H,6-7,9H2,1-3H3. The molecule has 0 saturated heterocycles. The summed E-state index contributed by atoms with van der Waals surface area (Å²) in [7, 11) is 1.84. The third-order valence-electron chi connectivity index (χ3n) is 3.19. The Bertz CT molecular complexity index is 426. The lowest BCUT2D eigenvalue weighted by Crippen LogP contribution is -2.24. The summed E-state index contributed by atoms with van der Waals surface area (Å²) in [5.41, 5.74) is 3.54. The lowest BCUT2D eigenvalue weighted by atomic mass is 10.1. The second-order valence-electron chi connectivity index (χ2n) is 4.95. The number of nitrogens with zero attached hydrogens (tertiary/aromatic N) is 1. The summed E-state index contributed by atoms with van der Waals surface area (Å²) in [6.07, 6.45) is 1.57. The number of benzene rings is 1. The molecule has 0 spiro atoms. The zero-order valence-electron chi connectivity index (χ0n) is 10.8. The molecule has 0 aliphatic carbocycles. The molecular formula is C14H20N2O. The van der Waals surface area contributed by atoms with Crippen LogP contribution in [-0.2, 0) is 17.6 Å². The van der Waals surface area contributed by atoms with Gasteiger partial charge in [-0.1, -0.05) is 26.0 Å². The molecule has 3 heteroatoms. The van der Waals surface area contributed by atoms with Gasteiger partial charge in [-0.2, -0.15) is 0 Å². The number of hydrogen-bond donors (Lipinski definition) is 1. The van der Waals surface area contributed by atoms with Gasteiger partial charge in [0, 0.05) is 18.8 Å². The Morgan fingerprint density at radius 3 is 2.88 bits per heavy atom. The molecule has 0 saturated carbocycles. The fourth-order valence-corrected chi connectivity index (χ4v) is 2.18. The number of fused-ring (bicyclic) bond motifs is 1. The molecule has 1 aliphatic rings. The van der Waals surface area contributed by atoms with E-state index in [0.29, 0.717) is 12.5 Å². The van der Waals surface area contributed by atoms with Gasteiger partial charge in [0.1, 0.15) is 0 Å². The summed E-state index contributed by atoms with van der Waals surface area (Å²) in [6, 6.07) is 6.87. The highest BCUT2D eigenvalue weighted by Crippen LogP contribution is 2.28. The molecule has 92 valence electrons. The van der Waals surface area contributed by atoms with Crippen LogP contribution in [0.2, 0.25) is 0 Å². The van der Waals surface area contributed by atoms with Crippen molar-refractivity contribution in [2.45, 2.75) is 32.7 Å². The normalized spacial score (nSPS) is 14.6. The number of amides is 1. The molecule has 2 rings (SSSR count). The summed E-state index contributed by atoms with van der Waals surface area (Å²) in [4.78, 5) is 13.3. The van der Waals surface area contributed by atoms with Crippen LogP contribution < -0.4 is 10.2 Å². The zero-order valence-corrected chi connectivity index (χ0v) is 10.8. The Morgan fingerprint density at radius 2 is 2.18 bits per heavy atom. The SMILES string of the molecule is CC(C)NCCc1ccc2c(c1)CC(=O)N2C. The van der Waals surface area contributed by atoms with Crippen molar-refractivity contribution in [3.8, 4) is 0 Å². The highest BCUT2D eigenvalue weighted by Gasteiger charge is 2.23. The highest BCUT2D eigenvalue weighted by atomic mass is 16.2. The van der Waals surface area contributed by atoms with Crippen molar-refractivity contribution < 1.29 is 4.79 Å². The number of carbonyl (C=O) groups excluding carboxylic acids is 1. The van der Waals surface area contributed by atoms with E-state index in [2.05, 4.69) is 37.4 Å². The van der Waals surface area contributed by atoms with E-state index in [-0.39, 0.29) is 5.91 Å². The first-order chi connectivity index (χ1) is 8.08. The van der Waals surface area contributed by atoms with E-state index in [1.165, 1.54) is 11.1 Å². The monoisotopic (exact) mass is 232 g/mol. The van der Waals surface area contributed by atoms with E-state index >= 15 is 0 Å². The molecule has 0 aromatic heterocycles. The second-order valence-corrected chi connectivity index (χ2v) is 4.95. The van der Waals surface area contributed by atoms with Crippen molar-refractivity contribution in [3.63, 3.8) is 0 Å². The van der Waals surface area contributed by atoms with E-state index in [4.69, 9.17) is 0 Å². The van der Waals surface area contributed by atoms with Gasteiger partial charge in [-0.15, -0.1) is 0 Å². The van der Waals surface area contributed by atoms with Crippen LogP contribution in [0, 0.1) is 0 Å². The third-order valence-corrected chi connectivity index (χ3v) is 3.19. The molecule has 1 heterocycles. The number of anilines is 1. The van der Waals surface area contributed by atoms with E-state index in [1.54, 1.807) is 4.90 Å². The Kier molecular flexibility index (Phi) is 3.48. The summed E-state index contributed by atoms with van der Waals surface area (Å²) in [6.45, 7) is 5.28. The van der Waals surface area contributed by atoms with Gasteiger partial charge in [-0.05, 0) is 30.2 Å². The summed E-state index contributed by atoms with van der Waals surface area (Å²) in [5, 5.41) is 3.40. The predicted molar refractivity (Wildman–Crippen MR) is 70.4 cm³/mol. The van der Waals surface area contributed by atoms with Crippen molar-refractivity contribution >= 4 is 11.6 Å². The van der Waals surface area contributed by atoms with Crippen LogP contribution in [0.5, 0.6) is 0 Å². The quantitative estimate of drug-likeness (QED) is 0.857. The molecule has 0 bridgehead atoms. The Morgan fingerprint density at radius 1 is 1.41 bits per heavy atom. The van der Waals surface area contributed by atoms with Gasteiger partial charge in [0.05, 0.1) is 6.42 Å². The number of likely N-dealkylation sites (N-methyl/N-ethyl adjacent to an activating group) is 1. The van der Waals surface area contributed by atoms with Gasteiger partial charge >= 0.3 is 0 Å². The van der Waals surface area contributed by atoms with Crippen LogP contribution in [0.15, 0.2) is 18.2 Å². The first kappa shape index (κ1) is 12.1. The molecule has 1 aromatic carbocycles. The molecule has 0 atom stereocenters. The van der Waals surface area contributed by atoms with E-state index in [9.17, 15) is 4.79 Å². The average molecular weight is 232 g/mol. The first-order valence-corrected chi connectivity index (χ1v) is 6.19. The molecule has 0 radical (unpaired) electrons. The minimum Gasteiger partial charge on any atom is -0.315 e. The molecule has 17 heavy (non-hydrogen) atoms. The van der Waals surface area contributed by atoms with E-state index < -0.39 is 0 Å². The Balaban J connectivity index is 2.03. The third kappa shape index (κ3) is 2.67. The van der Waals surface area contributed by atoms with Crippen LogP contribution in [0.3, 0.4) is 0 Å². The minimum absolute atomic E-state index is 0.192. The number of carbonyl (C=O) groups is 1. The fraction of sp³-hybridized carbons (Fsp3) is 0.500. The maximum atomic E-state index is 11.6. The second kappa shape index (κ2) is 4.88. The molecule has 1 aromatic rings. The van der Waals surface area contributed by atoms with Crippen LogP contribution in [0.25, 0.3) is 0 Å². The number of nitrogens with one attached hydrogen (secondary N) is 1. The maximum absolute atomic E-state index is 11.6. The number of rotatable bonds is 4. The molecule has 1 amide bonds. The van der Waals surface area contributed by atoms with Gasteiger partial charge in [-0.25, -0.2) is 0 Å². The van der Waals surface area contributed by atoms with Crippen molar-refractivity contribution in [2.75, 3.05) is 18.5 Å². The first-order valence-electron chi connectivity index (χ1n) is 6.19. The Hall–Kier alpha value is -1.35. The van der Waals surface area contributed by atoms with Crippen LogP contribution in [-0.4, -0.2) is 25.5 Å². The predicted octanol–water partition coefficient (Wildman–Crippen LogP) is 1.75. The highest BCUT2D eigenvalue weighted by molar-refractivity contribution is 6.00. The summed E-state index contributed by atoms with van der Waals surface area (Å²) >= 11 is 0. The minimum atomic E-state index is 0.192. The van der Waals surface area contributed by atoms with Gasteiger partial charge in [-0.3, -0.25) is 4.79 Å². The lowest BCUT2D eigenvalue weighted by Gasteiger charge is -2.11. The molecule has 1 aliphatic heterocycles. The van der Waals surface area contributed by atoms with Crippen LogP contribution >= 0.6 is 0 Å². The van der Waals surface area contributed by atoms with Crippen molar-refractivity contribution in [1.29, 1.82) is 0 Å². The van der Waals surface area contributed by atoms with Crippen LogP contribution in [0.4, 0.5) is 5.69 Å².